The van der Waals surface area contributed by atoms with Crippen LogP contribution in [0, 0.1) is 6.92 Å². The highest BCUT2D eigenvalue weighted by molar-refractivity contribution is 7.80. The molecule has 0 amide bonds. The van der Waals surface area contributed by atoms with Crippen LogP contribution in [0.5, 0.6) is 0 Å². The summed E-state index contributed by atoms with van der Waals surface area (Å²) in [4.78, 5) is 0. The fourth-order valence-electron chi connectivity index (χ4n) is 1.78. The van der Waals surface area contributed by atoms with Gasteiger partial charge in [-0.15, -0.1) is 0 Å². The number of rotatable bonds is 5. The quantitative estimate of drug-likeness (QED) is 0.657. The second-order valence-corrected chi connectivity index (χ2v) is 5.32. The van der Waals surface area contributed by atoms with Crippen molar-refractivity contribution >= 4 is 34.6 Å². The third-order valence-electron chi connectivity index (χ3n) is 2.84. The van der Waals surface area contributed by atoms with Crippen LogP contribution in [0.2, 0.25) is 5.02 Å². The molecule has 20 heavy (non-hydrogen) atoms. The van der Waals surface area contributed by atoms with Gasteiger partial charge in [-0.1, -0.05) is 29.8 Å². The van der Waals surface area contributed by atoms with Gasteiger partial charge >= 0.3 is 0 Å². The summed E-state index contributed by atoms with van der Waals surface area (Å²) in [6.07, 6.45) is 4.37. The van der Waals surface area contributed by atoms with Crippen molar-refractivity contribution in [1.82, 2.24) is 15.1 Å². The van der Waals surface area contributed by atoms with Gasteiger partial charge in [0.25, 0.3) is 0 Å². The number of hydrogen-bond donors (Lipinski definition) is 2. The van der Waals surface area contributed by atoms with Crippen LogP contribution in [-0.4, -0.2) is 21.4 Å². The molecule has 2 rings (SSSR count). The fraction of sp³-hybridized carbons (Fsp3) is 0.286. The predicted molar refractivity (Wildman–Crippen MR) is 87.3 cm³/mol. The molecule has 0 atom stereocenters. The van der Waals surface area contributed by atoms with Crippen molar-refractivity contribution in [1.29, 1.82) is 0 Å². The molecule has 106 valence electrons. The minimum Gasteiger partial charge on any atom is -0.362 e. The normalized spacial score (nSPS) is 10.3. The van der Waals surface area contributed by atoms with E-state index in [9.17, 15) is 0 Å². The number of halogens is 1. The number of benzene rings is 1. The summed E-state index contributed by atoms with van der Waals surface area (Å²) in [5.41, 5.74) is 2.20. The zero-order chi connectivity index (χ0) is 14.4. The van der Waals surface area contributed by atoms with E-state index in [0.29, 0.717) is 10.1 Å². The summed E-state index contributed by atoms with van der Waals surface area (Å²) in [7, 11) is 0. The van der Waals surface area contributed by atoms with E-state index in [4.69, 9.17) is 23.8 Å². The van der Waals surface area contributed by atoms with E-state index in [0.717, 1.165) is 25.2 Å². The van der Waals surface area contributed by atoms with Crippen LogP contribution in [0.15, 0.2) is 36.7 Å². The van der Waals surface area contributed by atoms with Gasteiger partial charge in [0, 0.05) is 25.0 Å². The Bertz CT molecular complexity index is 582. The lowest BCUT2D eigenvalue weighted by atomic mass is 10.2. The Labute approximate surface area is 129 Å². The summed E-state index contributed by atoms with van der Waals surface area (Å²) in [6, 6.07) is 8.05. The first-order valence-electron chi connectivity index (χ1n) is 6.43. The molecule has 4 nitrogen and oxygen atoms in total. The number of thiocarbonyl (C=S) groups is 1. The van der Waals surface area contributed by atoms with Gasteiger partial charge in [0.15, 0.2) is 5.11 Å². The monoisotopic (exact) mass is 308 g/mol. The third kappa shape index (κ3) is 4.51. The molecule has 0 bridgehead atoms. The summed E-state index contributed by atoms with van der Waals surface area (Å²) in [6.45, 7) is 3.65. The number of nitrogens with zero attached hydrogens (tertiary/aromatic N) is 2. The second kappa shape index (κ2) is 7.26. The van der Waals surface area contributed by atoms with Gasteiger partial charge in [-0.3, -0.25) is 4.68 Å². The van der Waals surface area contributed by atoms with Gasteiger partial charge in [-0.05, 0) is 37.2 Å². The molecule has 0 saturated carbocycles. The van der Waals surface area contributed by atoms with Crippen LogP contribution in [0.4, 0.5) is 5.69 Å². The molecule has 0 fully saturated rings. The topological polar surface area (TPSA) is 41.9 Å². The highest BCUT2D eigenvalue weighted by atomic mass is 35.5. The Morgan fingerprint density at radius 1 is 1.40 bits per heavy atom. The van der Waals surface area contributed by atoms with Crippen LogP contribution in [0.25, 0.3) is 0 Å². The zero-order valence-corrected chi connectivity index (χ0v) is 12.8. The van der Waals surface area contributed by atoms with Crippen LogP contribution in [0.1, 0.15) is 12.0 Å². The Morgan fingerprint density at radius 3 is 2.90 bits per heavy atom. The van der Waals surface area contributed by atoms with Crippen molar-refractivity contribution in [3.63, 3.8) is 0 Å². The predicted octanol–water partition coefficient (Wildman–Crippen LogP) is 3.22. The van der Waals surface area contributed by atoms with E-state index < -0.39 is 0 Å². The molecule has 2 N–H and O–H groups in total. The molecule has 0 aliphatic rings. The molecule has 0 aliphatic carbocycles. The molecule has 2 aromatic rings. The van der Waals surface area contributed by atoms with Gasteiger partial charge in [0.05, 0.1) is 11.2 Å². The molecule has 0 spiro atoms. The number of para-hydroxylation sites is 1. The van der Waals surface area contributed by atoms with E-state index >= 15 is 0 Å². The minimum absolute atomic E-state index is 0.637. The fourth-order valence-corrected chi connectivity index (χ4v) is 2.15. The molecule has 0 radical (unpaired) electrons. The highest BCUT2D eigenvalue weighted by Crippen LogP contribution is 2.12. The number of aryl methyl sites for hydroxylation is 2. The molecular formula is C14H17ClN4S. The van der Waals surface area contributed by atoms with Crippen molar-refractivity contribution in [3.05, 3.63) is 47.2 Å². The standard InChI is InChI=1S/C14H17ClN4S/c1-11-5-2-3-6-13(11)18-14(20)16-7-4-8-19-10-12(15)9-17-19/h2-3,5-6,9-10H,4,7-8H2,1H3,(H2,16,18,20). The van der Waals surface area contributed by atoms with E-state index in [-0.39, 0.29) is 0 Å². The zero-order valence-electron chi connectivity index (χ0n) is 11.3. The lowest BCUT2D eigenvalue weighted by molar-refractivity contribution is 0.574. The van der Waals surface area contributed by atoms with Gasteiger partial charge in [0.2, 0.25) is 0 Å². The highest BCUT2D eigenvalue weighted by Gasteiger charge is 2.00. The van der Waals surface area contributed by atoms with Crippen molar-refractivity contribution in [3.8, 4) is 0 Å². The average molecular weight is 309 g/mol. The lowest BCUT2D eigenvalue weighted by Crippen LogP contribution is -2.30. The Morgan fingerprint density at radius 2 is 2.20 bits per heavy atom. The van der Waals surface area contributed by atoms with Gasteiger partial charge < -0.3 is 10.6 Å². The van der Waals surface area contributed by atoms with Gasteiger partial charge in [0.1, 0.15) is 0 Å². The molecule has 6 heteroatoms. The van der Waals surface area contributed by atoms with Crippen molar-refractivity contribution in [2.75, 3.05) is 11.9 Å². The second-order valence-electron chi connectivity index (χ2n) is 4.47. The van der Waals surface area contributed by atoms with E-state index in [1.807, 2.05) is 42.1 Å². The van der Waals surface area contributed by atoms with E-state index in [2.05, 4.69) is 15.7 Å². The largest absolute Gasteiger partial charge is 0.362 e. The van der Waals surface area contributed by atoms with E-state index in [1.165, 1.54) is 5.56 Å². The summed E-state index contributed by atoms with van der Waals surface area (Å²) in [5.74, 6) is 0. The van der Waals surface area contributed by atoms with Gasteiger partial charge in [-0.25, -0.2) is 0 Å². The molecule has 0 aliphatic heterocycles. The maximum absolute atomic E-state index is 5.80. The van der Waals surface area contributed by atoms with Crippen LogP contribution < -0.4 is 10.6 Å². The molecule has 1 aromatic heterocycles. The van der Waals surface area contributed by atoms with Crippen molar-refractivity contribution in [2.24, 2.45) is 0 Å². The number of aromatic nitrogens is 2. The lowest BCUT2D eigenvalue weighted by Gasteiger charge is -2.12. The maximum Gasteiger partial charge on any atom is 0.170 e. The van der Waals surface area contributed by atoms with Crippen molar-refractivity contribution < 1.29 is 0 Å². The Balaban J connectivity index is 1.69. The summed E-state index contributed by atoms with van der Waals surface area (Å²) >= 11 is 11.1. The van der Waals surface area contributed by atoms with Crippen LogP contribution in [-0.2, 0) is 6.54 Å². The molecule has 0 unspecified atom stereocenters. The summed E-state index contributed by atoms with van der Waals surface area (Å²) < 4.78 is 1.82. The third-order valence-corrected chi connectivity index (χ3v) is 3.29. The maximum atomic E-state index is 5.80. The molecule has 1 aromatic carbocycles. The molecular weight excluding hydrogens is 292 g/mol. The first-order valence-corrected chi connectivity index (χ1v) is 7.22. The molecule has 0 saturated heterocycles. The molecule has 1 heterocycles. The van der Waals surface area contributed by atoms with Crippen LogP contribution >= 0.6 is 23.8 Å². The Kier molecular flexibility index (Phi) is 5.38. The van der Waals surface area contributed by atoms with Crippen molar-refractivity contribution in [2.45, 2.75) is 19.9 Å². The number of hydrogen-bond acceptors (Lipinski definition) is 2. The Hall–Kier alpha value is -1.59. The van der Waals surface area contributed by atoms with E-state index in [1.54, 1.807) is 6.20 Å². The first kappa shape index (κ1) is 14.8. The van der Waals surface area contributed by atoms with Crippen LogP contribution in [0.3, 0.4) is 0 Å². The smallest absolute Gasteiger partial charge is 0.170 e. The number of nitrogens with one attached hydrogen (secondary N) is 2. The average Bonchev–Trinajstić information content (AvgIpc) is 2.83. The SMILES string of the molecule is Cc1ccccc1NC(=S)NCCCn1cc(Cl)cn1. The van der Waals surface area contributed by atoms with Gasteiger partial charge in [-0.2, -0.15) is 5.10 Å². The number of anilines is 1. The minimum atomic E-state index is 0.637. The first-order chi connectivity index (χ1) is 9.65. The summed E-state index contributed by atoms with van der Waals surface area (Å²) in [5, 5.41) is 11.8.